The second kappa shape index (κ2) is 7.91. The average molecular weight is 298 g/mol. The van der Waals surface area contributed by atoms with Crippen molar-refractivity contribution < 1.29 is 9.47 Å². The minimum absolute atomic E-state index is 0.358. The standard InChI is InChI=1S/C17H34N2O2/c1-15(13-18-5-9-20-10-6-18)17(3,4)16(2)14-19-7-11-21-12-8-19/h15-16H,5-14H2,1-4H3. The Bertz CT molecular complexity index is 269. The smallest absolute Gasteiger partial charge is 0.0594 e. The molecule has 0 amide bonds. The van der Waals surface area contributed by atoms with Gasteiger partial charge in [0.05, 0.1) is 26.4 Å². The maximum Gasteiger partial charge on any atom is 0.0594 e. The van der Waals surface area contributed by atoms with Crippen molar-refractivity contribution in [3.05, 3.63) is 0 Å². The molecule has 0 aromatic carbocycles. The quantitative estimate of drug-likeness (QED) is 0.748. The van der Waals surface area contributed by atoms with Crippen LogP contribution in [0.3, 0.4) is 0 Å². The van der Waals surface area contributed by atoms with Crippen LogP contribution in [0.1, 0.15) is 27.7 Å². The first-order valence-corrected chi connectivity index (χ1v) is 8.60. The number of hydrogen-bond donors (Lipinski definition) is 0. The molecule has 0 saturated carbocycles. The van der Waals surface area contributed by atoms with Gasteiger partial charge in [-0.1, -0.05) is 27.7 Å². The van der Waals surface area contributed by atoms with Crippen LogP contribution in [0.15, 0.2) is 0 Å². The fraction of sp³-hybridized carbons (Fsp3) is 1.00. The second-order valence-corrected chi connectivity index (χ2v) is 7.45. The van der Waals surface area contributed by atoms with Gasteiger partial charge in [-0.15, -0.1) is 0 Å². The van der Waals surface area contributed by atoms with E-state index in [0.717, 1.165) is 52.6 Å². The normalized spacial score (nSPS) is 25.7. The molecular weight excluding hydrogens is 264 g/mol. The van der Waals surface area contributed by atoms with Crippen LogP contribution in [-0.2, 0) is 9.47 Å². The Morgan fingerprint density at radius 3 is 1.43 bits per heavy atom. The largest absolute Gasteiger partial charge is 0.379 e. The van der Waals surface area contributed by atoms with E-state index in [1.54, 1.807) is 0 Å². The van der Waals surface area contributed by atoms with Crippen molar-refractivity contribution in [1.29, 1.82) is 0 Å². The summed E-state index contributed by atoms with van der Waals surface area (Å²) in [6.07, 6.45) is 0. The first-order valence-electron chi connectivity index (χ1n) is 8.60. The molecule has 0 aromatic heterocycles. The van der Waals surface area contributed by atoms with Crippen molar-refractivity contribution in [3.8, 4) is 0 Å². The molecule has 2 fully saturated rings. The fourth-order valence-electron chi connectivity index (χ4n) is 3.30. The van der Waals surface area contributed by atoms with Gasteiger partial charge in [-0.2, -0.15) is 0 Å². The minimum atomic E-state index is 0.358. The molecule has 2 unspecified atom stereocenters. The predicted molar refractivity (Wildman–Crippen MR) is 86.6 cm³/mol. The number of ether oxygens (including phenoxy) is 2. The van der Waals surface area contributed by atoms with Crippen LogP contribution in [0.4, 0.5) is 0 Å². The van der Waals surface area contributed by atoms with Crippen molar-refractivity contribution in [2.45, 2.75) is 27.7 Å². The highest BCUT2D eigenvalue weighted by atomic mass is 16.5. The van der Waals surface area contributed by atoms with Crippen molar-refractivity contribution in [3.63, 3.8) is 0 Å². The maximum absolute atomic E-state index is 5.45. The van der Waals surface area contributed by atoms with Crippen LogP contribution >= 0.6 is 0 Å². The van der Waals surface area contributed by atoms with Gasteiger partial charge in [-0.05, 0) is 17.3 Å². The second-order valence-electron chi connectivity index (χ2n) is 7.45. The SMILES string of the molecule is CC(CN1CCOCC1)C(C)(C)C(C)CN1CCOCC1. The highest BCUT2D eigenvalue weighted by molar-refractivity contribution is 4.85. The van der Waals surface area contributed by atoms with Gasteiger partial charge in [0.15, 0.2) is 0 Å². The van der Waals surface area contributed by atoms with Crippen LogP contribution in [0.25, 0.3) is 0 Å². The lowest BCUT2D eigenvalue weighted by atomic mass is 9.70. The van der Waals surface area contributed by atoms with Crippen molar-refractivity contribution >= 4 is 0 Å². The van der Waals surface area contributed by atoms with Crippen molar-refractivity contribution in [2.75, 3.05) is 65.7 Å². The van der Waals surface area contributed by atoms with Crippen molar-refractivity contribution in [2.24, 2.45) is 17.3 Å². The molecule has 0 spiro atoms. The summed E-state index contributed by atoms with van der Waals surface area (Å²) in [6, 6.07) is 0. The zero-order chi connectivity index (χ0) is 15.3. The lowest BCUT2D eigenvalue weighted by molar-refractivity contribution is -0.00386. The fourth-order valence-corrected chi connectivity index (χ4v) is 3.30. The van der Waals surface area contributed by atoms with Crippen LogP contribution in [0.5, 0.6) is 0 Å². The number of nitrogens with zero attached hydrogens (tertiary/aromatic N) is 2. The molecule has 2 atom stereocenters. The Kier molecular flexibility index (Phi) is 6.48. The van der Waals surface area contributed by atoms with Crippen LogP contribution < -0.4 is 0 Å². The molecule has 2 heterocycles. The van der Waals surface area contributed by atoms with Gasteiger partial charge in [-0.3, -0.25) is 9.80 Å². The molecule has 2 aliphatic heterocycles. The van der Waals surface area contributed by atoms with Gasteiger partial charge in [-0.25, -0.2) is 0 Å². The highest BCUT2D eigenvalue weighted by Gasteiger charge is 2.34. The lowest BCUT2D eigenvalue weighted by Gasteiger charge is -2.43. The van der Waals surface area contributed by atoms with E-state index in [9.17, 15) is 0 Å². The van der Waals surface area contributed by atoms with E-state index in [-0.39, 0.29) is 0 Å². The first kappa shape index (κ1) is 17.2. The van der Waals surface area contributed by atoms with Crippen molar-refractivity contribution in [1.82, 2.24) is 9.80 Å². The molecule has 0 N–H and O–H groups in total. The number of rotatable bonds is 6. The summed E-state index contributed by atoms with van der Waals surface area (Å²) in [5.41, 5.74) is 0.358. The van der Waals surface area contributed by atoms with E-state index in [1.807, 2.05) is 0 Å². The summed E-state index contributed by atoms with van der Waals surface area (Å²) < 4.78 is 10.9. The molecule has 0 bridgehead atoms. The molecule has 2 rings (SSSR count). The highest BCUT2D eigenvalue weighted by Crippen LogP contribution is 2.36. The summed E-state index contributed by atoms with van der Waals surface area (Å²) in [4.78, 5) is 5.13. The molecular formula is C17H34N2O2. The molecule has 0 aliphatic carbocycles. The minimum Gasteiger partial charge on any atom is -0.379 e. The number of hydrogen-bond acceptors (Lipinski definition) is 4. The summed E-state index contributed by atoms with van der Waals surface area (Å²) in [7, 11) is 0. The van der Waals surface area contributed by atoms with E-state index in [4.69, 9.17) is 9.47 Å². The Morgan fingerprint density at radius 2 is 1.10 bits per heavy atom. The van der Waals surface area contributed by atoms with Crippen LogP contribution in [0, 0.1) is 17.3 Å². The van der Waals surface area contributed by atoms with Gasteiger partial charge >= 0.3 is 0 Å². The third-order valence-corrected chi connectivity index (χ3v) is 5.81. The molecule has 0 radical (unpaired) electrons. The Hall–Kier alpha value is -0.160. The lowest BCUT2D eigenvalue weighted by Crippen LogP contribution is -2.46. The molecule has 0 aromatic rings. The van der Waals surface area contributed by atoms with Crippen LogP contribution in [-0.4, -0.2) is 75.5 Å². The number of morpholine rings is 2. The topological polar surface area (TPSA) is 24.9 Å². The predicted octanol–water partition coefficient (Wildman–Crippen LogP) is 1.95. The monoisotopic (exact) mass is 298 g/mol. The van der Waals surface area contributed by atoms with E-state index in [1.165, 1.54) is 13.1 Å². The van der Waals surface area contributed by atoms with Gasteiger partial charge in [0.2, 0.25) is 0 Å². The molecule has 2 saturated heterocycles. The molecule has 21 heavy (non-hydrogen) atoms. The summed E-state index contributed by atoms with van der Waals surface area (Å²) in [5, 5.41) is 0. The zero-order valence-corrected chi connectivity index (χ0v) is 14.4. The molecule has 4 heteroatoms. The summed E-state index contributed by atoms with van der Waals surface area (Å²) >= 11 is 0. The third kappa shape index (κ3) is 4.92. The molecule has 124 valence electrons. The van der Waals surface area contributed by atoms with Gasteiger partial charge in [0, 0.05) is 39.3 Å². The van der Waals surface area contributed by atoms with Crippen LogP contribution in [0.2, 0.25) is 0 Å². The van der Waals surface area contributed by atoms with Gasteiger partial charge < -0.3 is 9.47 Å². The van der Waals surface area contributed by atoms with Gasteiger partial charge in [0.1, 0.15) is 0 Å². The Labute approximate surface area is 130 Å². The zero-order valence-electron chi connectivity index (χ0n) is 14.4. The Morgan fingerprint density at radius 1 is 0.762 bits per heavy atom. The average Bonchev–Trinajstić information content (AvgIpc) is 2.49. The molecule has 2 aliphatic rings. The van der Waals surface area contributed by atoms with E-state index in [2.05, 4.69) is 37.5 Å². The maximum atomic E-state index is 5.45. The van der Waals surface area contributed by atoms with E-state index in [0.29, 0.717) is 17.3 Å². The van der Waals surface area contributed by atoms with Gasteiger partial charge in [0.25, 0.3) is 0 Å². The summed E-state index contributed by atoms with van der Waals surface area (Å²) in [6.45, 7) is 20.1. The summed E-state index contributed by atoms with van der Waals surface area (Å²) in [5.74, 6) is 1.40. The van der Waals surface area contributed by atoms with E-state index < -0.39 is 0 Å². The molecule has 4 nitrogen and oxygen atoms in total. The first-order chi connectivity index (χ1) is 10.00. The Balaban J connectivity index is 1.82. The van der Waals surface area contributed by atoms with E-state index >= 15 is 0 Å². The third-order valence-electron chi connectivity index (χ3n) is 5.81.